The van der Waals surface area contributed by atoms with Gasteiger partial charge in [0.05, 0.1) is 18.0 Å². The average molecular weight is 313 g/mol. The van der Waals surface area contributed by atoms with Gasteiger partial charge in [-0.25, -0.2) is 4.98 Å². The highest BCUT2D eigenvalue weighted by Gasteiger charge is 2.24. The topological polar surface area (TPSA) is 41.3 Å². The Hall–Kier alpha value is -1.65. The van der Waals surface area contributed by atoms with Gasteiger partial charge in [0, 0.05) is 18.8 Å². The van der Waals surface area contributed by atoms with Crippen molar-refractivity contribution in [3.63, 3.8) is 0 Å². The van der Waals surface area contributed by atoms with E-state index in [1.807, 2.05) is 19.2 Å². The molecule has 3 rings (SSSR count). The van der Waals surface area contributed by atoms with Crippen LogP contribution in [0.2, 0.25) is 0 Å². The summed E-state index contributed by atoms with van der Waals surface area (Å²) in [5.74, 6) is 1.42. The SMILES string of the molecule is Cc1ncc(CN(C)CC2CCCCC2O)n1-c1ccccc1. The van der Waals surface area contributed by atoms with Crippen LogP contribution in [-0.4, -0.2) is 39.3 Å². The minimum atomic E-state index is -0.132. The fraction of sp³-hybridized carbons (Fsp3) is 0.526. The first-order valence-corrected chi connectivity index (χ1v) is 8.60. The Morgan fingerprint density at radius 3 is 2.70 bits per heavy atom. The van der Waals surface area contributed by atoms with E-state index in [-0.39, 0.29) is 6.10 Å². The van der Waals surface area contributed by atoms with Crippen molar-refractivity contribution < 1.29 is 5.11 Å². The van der Waals surface area contributed by atoms with Crippen molar-refractivity contribution in [3.8, 4) is 5.69 Å². The number of hydrogen-bond donors (Lipinski definition) is 1. The average Bonchev–Trinajstić information content (AvgIpc) is 2.91. The molecule has 1 heterocycles. The maximum atomic E-state index is 10.2. The second kappa shape index (κ2) is 7.28. The van der Waals surface area contributed by atoms with Gasteiger partial charge in [0.1, 0.15) is 5.82 Å². The van der Waals surface area contributed by atoms with Gasteiger partial charge in [0.25, 0.3) is 0 Å². The zero-order chi connectivity index (χ0) is 16.2. The third kappa shape index (κ3) is 3.82. The van der Waals surface area contributed by atoms with Crippen LogP contribution in [0, 0.1) is 12.8 Å². The molecule has 2 atom stereocenters. The first kappa shape index (κ1) is 16.2. The summed E-state index contributed by atoms with van der Waals surface area (Å²) in [6.45, 7) is 3.83. The Morgan fingerprint density at radius 1 is 1.22 bits per heavy atom. The molecule has 0 radical (unpaired) electrons. The van der Waals surface area contributed by atoms with Gasteiger partial charge in [-0.15, -0.1) is 0 Å². The number of para-hydroxylation sites is 1. The molecule has 1 N–H and O–H groups in total. The highest BCUT2D eigenvalue weighted by atomic mass is 16.3. The van der Waals surface area contributed by atoms with Gasteiger partial charge >= 0.3 is 0 Å². The molecule has 124 valence electrons. The molecule has 4 heteroatoms. The molecule has 0 saturated heterocycles. The van der Waals surface area contributed by atoms with Crippen molar-refractivity contribution in [1.82, 2.24) is 14.5 Å². The number of aliphatic hydroxyl groups is 1. The van der Waals surface area contributed by atoms with E-state index < -0.39 is 0 Å². The van der Waals surface area contributed by atoms with E-state index in [4.69, 9.17) is 0 Å². The molecule has 0 bridgehead atoms. The number of rotatable bonds is 5. The number of aliphatic hydroxyl groups excluding tert-OH is 1. The first-order valence-electron chi connectivity index (χ1n) is 8.60. The van der Waals surface area contributed by atoms with Gasteiger partial charge in [0.15, 0.2) is 0 Å². The van der Waals surface area contributed by atoms with Gasteiger partial charge in [-0.2, -0.15) is 0 Å². The molecule has 1 aromatic carbocycles. The molecule has 23 heavy (non-hydrogen) atoms. The van der Waals surface area contributed by atoms with Gasteiger partial charge in [-0.3, -0.25) is 4.57 Å². The Bertz CT molecular complexity index is 623. The van der Waals surface area contributed by atoms with E-state index in [9.17, 15) is 5.11 Å². The van der Waals surface area contributed by atoms with E-state index in [1.54, 1.807) is 0 Å². The summed E-state index contributed by atoms with van der Waals surface area (Å²) < 4.78 is 2.22. The van der Waals surface area contributed by atoms with Gasteiger partial charge in [-0.1, -0.05) is 31.0 Å². The van der Waals surface area contributed by atoms with Crippen molar-refractivity contribution in [2.75, 3.05) is 13.6 Å². The standard InChI is InChI=1S/C19H27N3O/c1-15-20-12-18(22(15)17-9-4-3-5-10-17)14-21(2)13-16-8-6-7-11-19(16)23/h3-5,9-10,12,16,19,23H,6-8,11,13-14H2,1-2H3. The molecule has 0 amide bonds. The molecule has 0 aliphatic heterocycles. The summed E-state index contributed by atoms with van der Waals surface area (Å²) in [5.41, 5.74) is 2.35. The van der Waals surface area contributed by atoms with Crippen LogP contribution in [0.5, 0.6) is 0 Å². The summed E-state index contributed by atoms with van der Waals surface area (Å²) >= 11 is 0. The lowest BCUT2D eigenvalue weighted by atomic mass is 9.86. The summed E-state index contributed by atoms with van der Waals surface area (Å²) in [4.78, 5) is 6.81. The lowest BCUT2D eigenvalue weighted by Gasteiger charge is -2.31. The quantitative estimate of drug-likeness (QED) is 0.922. The minimum absolute atomic E-state index is 0.132. The van der Waals surface area contributed by atoms with Crippen LogP contribution in [-0.2, 0) is 6.54 Å². The van der Waals surface area contributed by atoms with Crippen LogP contribution in [0.15, 0.2) is 36.5 Å². The molecule has 1 saturated carbocycles. The highest BCUT2D eigenvalue weighted by Crippen LogP contribution is 2.25. The normalized spacial score (nSPS) is 21.7. The van der Waals surface area contributed by atoms with E-state index in [0.717, 1.165) is 37.4 Å². The van der Waals surface area contributed by atoms with Gasteiger partial charge < -0.3 is 10.0 Å². The number of nitrogens with zero attached hydrogens (tertiary/aromatic N) is 3. The molecule has 4 nitrogen and oxygen atoms in total. The second-order valence-electron chi connectivity index (χ2n) is 6.78. The summed E-state index contributed by atoms with van der Waals surface area (Å²) in [5, 5.41) is 10.2. The van der Waals surface area contributed by atoms with E-state index >= 15 is 0 Å². The predicted molar refractivity (Wildman–Crippen MR) is 92.6 cm³/mol. The minimum Gasteiger partial charge on any atom is -0.393 e. The number of benzene rings is 1. The largest absolute Gasteiger partial charge is 0.393 e. The van der Waals surface area contributed by atoms with Gasteiger partial charge in [0.2, 0.25) is 0 Å². The Morgan fingerprint density at radius 2 is 1.96 bits per heavy atom. The summed E-state index contributed by atoms with van der Waals surface area (Å²) in [6.07, 6.45) is 6.35. The van der Waals surface area contributed by atoms with Crippen molar-refractivity contribution in [3.05, 3.63) is 48.0 Å². The molecule has 1 aromatic heterocycles. The van der Waals surface area contributed by atoms with Crippen LogP contribution in [0.25, 0.3) is 5.69 Å². The van der Waals surface area contributed by atoms with Crippen molar-refractivity contribution >= 4 is 0 Å². The number of aromatic nitrogens is 2. The summed E-state index contributed by atoms with van der Waals surface area (Å²) in [7, 11) is 2.14. The Kier molecular flexibility index (Phi) is 5.13. The maximum Gasteiger partial charge on any atom is 0.110 e. The Balaban J connectivity index is 1.71. The zero-order valence-electron chi connectivity index (χ0n) is 14.2. The highest BCUT2D eigenvalue weighted by molar-refractivity contribution is 5.35. The van der Waals surface area contributed by atoms with Crippen LogP contribution >= 0.6 is 0 Å². The molecular weight excluding hydrogens is 286 g/mol. The van der Waals surface area contributed by atoms with E-state index in [0.29, 0.717) is 5.92 Å². The molecule has 0 spiro atoms. The molecular formula is C19H27N3O. The Labute approximate surface area is 138 Å². The van der Waals surface area contributed by atoms with Crippen LogP contribution in [0.3, 0.4) is 0 Å². The molecule has 2 aromatic rings. The molecule has 1 aliphatic rings. The van der Waals surface area contributed by atoms with Crippen molar-refractivity contribution in [2.45, 2.75) is 45.3 Å². The smallest absolute Gasteiger partial charge is 0.110 e. The summed E-state index contributed by atoms with van der Waals surface area (Å²) in [6, 6.07) is 10.4. The number of aryl methyl sites for hydroxylation is 1. The predicted octanol–water partition coefficient (Wildman–Crippen LogP) is 3.16. The zero-order valence-corrected chi connectivity index (χ0v) is 14.2. The van der Waals surface area contributed by atoms with Crippen LogP contribution < -0.4 is 0 Å². The second-order valence-corrected chi connectivity index (χ2v) is 6.78. The third-order valence-electron chi connectivity index (χ3n) is 4.87. The molecule has 2 unspecified atom stereocenters. The van der Waals surface area contributed by atoms with Crippen molar-refractivity contribution in [2.24, 2.45) is 5.92 Å². The van der Waals surface area contributed by atoms with E-state index in [2.05, 4.69) is 45.8 Å². The number of hydrogen-bond acceptors (Lipinski definition) is 3. The molecule has 1 aliphatic carbocycles. The lowest BCUT2D eigenvalue weighted by molar-refractivity contribution is 0.0499. The fourth-order valence-corrected chi connectivity index (χ4v) is 3.67. The van der Waals surface area contributed by atoms with Gasteiger partial charge in [-0.05, 0) is 44.9 Å². The lowest BCUT2D eigenvalue weighted by Crippen LogP contribution is -2.35. The van der Waals surface area contributed by atoms with E-state index in [1.165, 1.54) is 18.5 Å². The monoisotopic (exact) mass is 313 g/mol. The van der Waals surface area contributed by atoms with Crippen molar-refractivity contribution in [1.29, 1.82) is 0 Å². The maximum absolute atomic E-state index is 10.2. The fourth-order valence-electron chi connectivity index (χ4n) is 3.67. The van der Waals surface area contributed by atoms with Crippen LogP contribution in [0.4, 0.5) is 0 Å². The van der Waals surface area contributed by atoms with Crippen LogP contribution in [0.1, 0.15) is 37.2 Å². The molecule has 1 fully saturated rings. The number of imidazole rings is 1. The third-order valence-corrected chi connectivity index (χ3v) is 4.87. The first-order chi connectivity index (χ1) is 11.1.